The number of carbonyl (C=O) groups is 1. The Morgan fingerprint density at radius 3 is 3.13 bits per heavy atom. The van der Waals surface area contributed by atoms with Crippen molar-refractivity contribution in [3.63, 3.8) is 0 Å². The molecule has 0 radical (unpaired) electrons. The fraction of sp³-hybridized carbons (Fsp3) is 0.571. The highest BCUT2D eigenvalue weighted by Gasteiger charge is 2.05. The molecule has 0 unspecified atom stereocenters. The molecule has 8 heteroatoms. The lowest BCUT2D eigenvalue weighted by Gasteiger charge is -2.02. The molecule has 0 spiro atoms. The Kier molecular flexibility index (Phi) is 4.91. The van der Waals surface area contributed by atoms with Crippen LogP contribution in [0.2, 0.25) is 0 Å². The molecule has 1 heterocycles. The third kappa shape index (κ3) is 4.66. The number of aromatic nitrogens is 3. The number of H-pyrrole nitrogens is 1. The van der Waals surface area contributed by atoms with Crippen LogP contribution in [0.4, 0.5) is 5.95 Å². The zero-order valence-corrected chi connectivity index (χ0v) is 9.13. The summed E-state index contributed by atoms with van der Waals surface area (Å²) >= 11 is 1.22. The molecule has 1 aromatic heterocycles. The van der Waals surface area contributed by atoms with Crippen LogP contribution in [0, 0.1) is 0 Å². The van der Waals surface area contributed by atoms with Gasteiger partial charge in [0.2, 0.25) is 17.0 Å². The van der Waals surface area contributed by atoms with Crippen molar-refractivity contribution in [3.8, 4) is 0 Å². The fourth-order valence-electron chi connectivity index (χ4n) is 0.796. The summed E-state index contributed by atoms with van der Waals surface area (Å²) < 4.78 is 4.79. The van der Waals surface area contributed by atoms with Crippen LogP contribution in [0.25, 0.3) is 0 Å². The summed E-state index contributed by atoms with van der Waals surface area (Å²) in [6.07, 6.45) is 0. The molecule has 0 aliphatic rings. The van der Waals surface area contributed by atoms with E-state index in [1.54, 1.807) is 7.11 Å². The van der Waals surface area contributed by atoms with Crippen molar-refractivity contribution in [2.75, 3.05) is 31.7 Å². The van der Waals surface area contributed by atoms with Crippen molar-refractivity contribution in [3.05, 3.63) is 0 Å². The molecule has 0 saturated carbocycles. The number of nitrogen functional groups attached to an aromatic ring is 1. The third-order valence-corrected chi connectivity index (χ3v) is 2.29. The molecule has 1 rings (SSSR count). The monoisotopic (exact) mass is 231 g/mol. The second-order valence-corrected chi connectivity index (χ2v) is 3.58. The number of rotatable bonds is 6. The Hall–Kier alpha value is -1.28. The summed E-state index contributed by atoms with van der Waals surface area (Å²) in [5.41, 5.74) is 5.32. The largest absolute Gasteiger partial charge is 0.383 e. The summed E-state index contributed by atoms with van der Waals surface area (Å²) in [6, 6.07) is 0. The minimum atomic E-state index is -0.0829. The van der Waals surface area contributed by atoms with Crippen molar-refractivity contribution in [2.45, 2.75) is 5.16 Å². The molecule has 0 atom stereocenters. The fourth-order valence-corrected chi connectivity index (χ4v) is 1.43. The van der Waals surface area contributed by atoms with Gasteiger partial charge in [-0.3, -0.25) is 4.79 Å². The molecule has 0 aliphatic heterocycles. The van der Waals surface area contributed by atoms with Crippen molar-refractivity contribution in [2.24, 2.45) is 0 Å². The standard InChI is InChI=1S/C7H13N5O2S/c1-14-3-2-9-5(13)4-15-7-10-6(8)11-12-7/h2-4H2,1H3,(H,9,13)(H3,8,10,11,12). The van der Waals surface area contributed by atoms with Crippen LogP contribution >= 0.6 is 11.8 Å². The van der Waals surface area contributed by atoms with Gasteiger partial charge in [-0.05, 0) is 0 Å². The van der Waals surface area contributed by atoms with Crippen molar-refractivity contribution < 1.29 is 9.53 Å². The molecule has 7 nitrogen and oxygen atoms in total. The van der Waals surface area contributed by atoms with Crippen LogP contribution in [0.15, 0.2) is 5.16 Å². The smallest absolute Gasteiger partial charge is 0.230 e. The second kappa shape index (κ2) is 6.25. The number of nitrogens with two attached hydrogens (primary N) is 1. The molecule has 84 valence electrons. The normalized spacial score (nSPS) is 10.2. The van der Waals surface area contributed by atoms with Gasteiger partial charge in [0.1, 0.15) is 0 Å². The molecule has 15 heavy (non-hydrogen) atoms. The van der Waals surface area contributed by atoms with E-state index in [4.69, 9.17) is 10.5 Å². The van der Waals surface area contributed by atoms with E-state index < -0.39 is 0 Å². The van der Waals surface area contributed by atoms with Crippen LogP contribution in [0.3, 0.4) is 0 Å². The summed E-state index contributed by atoms with van der Waals surface area (Å²) in [6.45, 7) is 1.01. The van der Waals surface area contributed by atoms with Gasteiger partial charge in [0.25, 0.3) is 0 Å². The lowest BCUT2D eigenvalue weighted by Crippen LogP contribution is -2.28. The Balaban J connectivity index is 2.16. The highest BCUT2D eigenvalue weighted by Crippen LogP contribution is 2.11. The zero-order valence-electron chi connectivity index (χ0n) is 8.32. The first-order valence-electron chi connectivity index (χ1n) is 4.28. The highest BCUT2D eigenvalue weighted by atomic mass is 32.2. The van der Waals surface area contributed by atoms with Crippen LogP contribution in [0.1, 0.15) is 0 Å². The summed E-state index contributed by atoms with van der Waals surface area (Å²) in [7, 11) is 1.58. The lowest BCUT2D eigenvalue weighted by molar-refractivity contribution is -0.118. The Morgan fingerprint density at radius 2 is 2.53 bits per heavy atom. The van der Waals surface area contributed by atoms with Gasteiger partial charge in [-0.2, -0.15) is 4.98 Å². The summed E-state index contributed by atoms with van der Waals surface area (Å²) in [5.74, 6) is 0.429. The van der Waals surface area contributed by atoms with Crippen LogP contribution in [-0.4, -0.2) is 47.1 Å². The number of thioether (sulfide) groups is 1. The van der Waals surface area contributed by atoms with Crippen molar-refractivity contribution in [1.29, 1.82) is 0 Å². The van der Waals surface area contributed by atoms with E-state index in [0.29, 0.717) is 18.3 Å². The molecule has 0 fully saturated rings. The second-order valence-electron chi connectivity index (χ2n) is 2.63. The number of nitrogens with one attached hydrogen (secondary N) is 2. The average Bonchev–Trinajstić information content (AvgIpc) is 2.62. The highest BCUT2D eigenvalue weighted by molar-refractivity contribution is 7.99. The molecular formula is C7H13N5O2S. The van der Waals surface area contributed by atoms with Gasteiger partial charge in [-0.15, -0.1) is 5.10 Å². The van der Waals surface area contributed by atoms with E-state index in [1.807, 2.05) is 0 Å². The number of methoxy groups -OCH3 is 1. The first kappa shape index (κ1) is 11.8. The SMILES string of the molecule is COCCNC(=O)CSc1n[nH]c(N)n1. The number of aromatic amines is 1. The Labute approximate surface area is 91.2 Å². The average molecular weight is 231 g/mol. The minimum Gasteiger partial charge on any atom is -0.383 e. The maximum absolute atomic E-state index is 11.2. The van der Waals surface area contributed by atoms with Gasteiger partial charge in [0.05, 0.1) is 12.4 Å². The van der Waals surface area contributed by atoms with E-state index in [2.05, 4.69) is 20.5 Å². The molecule has 0 aromatic carbocycles. The van der Waals surface area contributed by atoms with Crippen LogP contribution in [-0.2, 0) is 9.53 Å². The van der Waals surface area contributed by atoms with Gasteiger partial charge >= 0.3 is 0 Å². The number of anilines is 1. The number of carbonyl (C=O) groups excluding carboxylic acids is 1. The van der Waals surface area contributed by atoms with Gasteiger partial charge in [0.15, 0.2) is 0 Å². The molecule has 0 bridgehead atoms. The third-order valence-electron chi connectivity index (χ3n) is 1.44. The number of hydrogen-bond donors (Lipinski definition) is 3. The predicted molar refractivity (Wildman–Crippen MR) is 56.4 cm³/mol. The van der Waals surface area contributed by atoms with Gasteiger partial charge in [-0.25, -0.2) is 5.10 Å². The Morgan fingerprint density at radius 1 is 1.73 bits per heavy atom. The first-order valence-corrected chi connectivity index (χ1v) is 5.27. The quantitative estimate of drug-likeness (QED) is 0.439. The maximum atomic E-state index is 11.2. The van der Waals surface area contributed by atoms with Crippen molar-refractivity contribution in [1.82, 2.24) is 20.5 Å². The number of nitrogens with zero attached hydrogens (tertiary/aromatic N) is 2. The van der Waals surface area contributed by atoms with E-state index in [-0.39, 0.29) is 17.6 Å². The molecular weight excluding hydrogens is 218 g/mol. The Bertz CT molecular complexity index is 316. The molecule has 4 N–H and O–H groups in total. The first-order chi connectivity index (χ1) is 7.22. The van der Waals surface area contributed by atoms with E-state index in [9.17, 15) is 4.79 Å². The van der Waals surface area contributed by atoms with Crippen molar-refractivity contribution >= 4 is 23.6 Å². The molecule has 0 saturated heterocycles. The zero-order chi connectivity index (χ0) is 11.1. The topological polar surface area (TPSA) is 106 Å². The molecule has 0 aliphatic carbocycles. The summed E-state index contributed by atoms with van der Waals surface area (Å²) in [5, 5.41) is 9.42. The predicted octanol–water partition coefficient (Wildman–Crippen LogP) is -0.758. The number of hydrogen-bond acceptors (Lipinski definition) is 6. The molecule has 1 amide bonds. The number of amides is 1. The lowest BCUT2D eigenvalue weighted by atomic mass is 10.6. The van der Waals surface area contributed by atoms with Crippen LogP contribution < -0.4 is 11.1 Å². The van der Waals surface area contributed by atoms with Gasteiger partial charge in [-0.1, -0.05) is 11.8 Å². The summed E-state index contributed by atoms with van der Waals surface area (Å²) in [4.78, 5) is 15.1. The minimum absolute atomic E-state index is 0.0829. The number of ether oxygens (including phenoxy) is 1. The maximum Gasteiger partial charge on any atom is 0.230 e. The molecule has 1 aromatic rings. The van der Waals surface area contributed by atoms with Gasteiger partial charge < -0.3 is 15.8 Å². The van der Waals surface area contributed by atoms with E-state index in [1.165, 1.54) is 11.8 Å². The van der Waals surface area contributed by atoms with Gasteiger partial charge in [0, 0.05) is 13.7 Å². The van der Waals surface area contributed by atoms with E-state index >= 15 is 0 Å². The van der Waals surface area contributed by atoms with Crippen LogP contribution in [0.5, 0.6) is 0 Å². The van der Waals surface area contributed by atoms with E-state index in [0.717, 1.165) is 0 Å².